The first kappa shape index (κ1) is 7.82. The molecule has 0 aromatic rings. The van der Waals surface area contributed by atoms with Gasteiger partial charge in [0.2, 0.25) is 0 Å². The van der Waals surface area contributed by atoms with Crippen LogP contribution >= 0.6 is 11.8 Å². The molecule has 0 aromatic carbocycles. The van der Waals surface area contributed by atoms with E-state index in [1.54, 1.807) is 11.8 Å². The molecule has 0 aromatic heterocycles. The lowest BCUT2D eigenvalue weighted by molar-refractivity contribution is 0.319. The molecule has 0 spiro atoms. The monoisotopic (exact) mass is 133 g/mol. The molecule has 0 bridgehead atoms. The highest BCUT2D eigenvalue weighted by Crippen LogP contribution is 2.17. The van der Waals surface area contributed by atoms with Crippen molar-refractivity contribution in [2.24, 2.45) is 5.16 Å². The van der Waals surface area contributed by atoms with E-state index in [-0.39, 0.29) is 4.75 Å². The number of rotatable bonds is 2. The average molecular weight is 133 g/mol. The van der Waals surface area contributed by atoms with Gasteiger partial charge in [0.05, 0.1) is 6.21 Å². The summed E-state index contributed by atoms with van der Waals surface area (Å²) in [4.78, 5) is 0. The zero-order chi connectivity index (χ0) is 6.62. The van der Waals surface area contributed by atoms with E-state index in [1.165, 1.54) is 6.21 Å². The van der Waals surface area contributed by atoms with Crippen LogP contribution in [-0.4, -0.2) is 22.4 Å². The van der Waals surface area contributed by atoms with E-state index >= 15 is 0 Å². The fourth-order valence-corrected chi connectivity index (χ4v) is 0.344. The van der Waals surface area contributed by atoms with Crippen LogP contribution in [0, 0.1) is 0 Å². The van der Waals surface area contributed by atoms with Gasteiger partial charge in [-0.05, 0) is 20.1 Å². The van der Waals surface area contributed by atoms with Gasteiger partial charge in [0, 0.05) is 4.75 Å². The largest absolute Gasteiger partial charge is 0.411 e. The lowest BCUT2D eigenvalue weighted by atomic mass is 10.2. The van der Waals surface area contributed by atoms with Gasteiger partial charge < -0.3 is 5.21 Å². The van der Waals surface area contributed by atoms with Crippen LogP contribution in [0.1, 0.15) is 13.8 Å². The Morgan fingerprint density at radius 2 is 2.12 bits per heavy atom. The molecule has 0 saturated heterocycles. The van der Waals surface area contributed by atoms with Crippen molar-refractivity contribution in [3.63, 3.8) is 0 Å². The fourth-order valence-electron chi connectivity index (χ4n) is 0.192. The lowest BCUT2D eigenvalue weighted by Gasteiger charge is -2.12. The van der Waals surface area contributed by atoms with Gasteiger partial charge in [0.15, 0.2) is 0 Å². The van der Waals surface area contributed by atoms with Crippen LogP contribution in [0.15, 0.2) is 5.16 Å². The molecule has 0 rings (SSSR count). The summed E-state index contributed by atoms with van der Waals surface area (Å²) in [6, 6.07) is 0. The van der Waals surface area contributed by atoms with Gasteiger partial charge in [-0.2, -0.15) is 11.8 Å². The van der Waals surface area contributed by atoms with Gasteiger partial charge in [-0.15, -0.1) is 5.16 Å². The first-order valence-corrected chi connectivity index (χ1v) is 3.58. The highest BCUT2D eigenvalue weighted by atomic mass is 32.2. The molecule has 8 heavy (non-hydrogen) atoms. The van der Waals surface area contributed by atoms with Crippen molar-refractivity contribution in [1.29, 1.82) is 0 Å². The molecule has 0 saturated carbocycles. The van der Waals surface area contributed by atoms with Crippen LogP contribution in [0.25, 0.3) is 0 Å². The summed E-state index contributed by atoms with van der Waals surface area (Å²) in [5.74, 6) is 0. The summed E-state index contributed by atoms with van der Waals surface area (Å²) < 4.78 is -0.0330. The summed E-state index contributed by atoms with van der Waals surface area (Å²) in [5, 5.41) is 11.0. The molecule has 0 unspecified atom stereocenters. The van der Waals surface area contributed by atoms with Crippen LogP contribution < -0.4 is 0 Å². The second-order valence-corrected chi connectivity index (χ2v) is 3.51. The van der Waals surface area contributed by atoms with Gasteiger partial charge >= 0.3 is 0 Å². The first-order valence-electron chi connectivity index (χ1n) is 2.36. The Hall–Kier alpha value is -0.180. The van der Waals surface area contributed by atoms with Crippen molar-refractivity contribution < 1.29 is 5.21 Å². The second-order valence-electron chi connectivity index (χ2n) is 2.05. The van der Waals surface area contributed by atoms with Crippen LogP contribution in [0.2, 0.25) is 0 Å². The van der Waals surface area contributed by atoms with E-state index in [4.69, 9.17) is 5.21 Å². The maximum absolute atomic E-state index is 8.09. The summed E-state index contributed by atoms with van der Waals surface area (Å²) in [6.45, 7) is 3.97. The highest BCUT2D eigenvalue weighted by molar-refractivity contribution is 8.00. The average Bonchev–Trinajstić information content (AvgIpc) is 1.67. The smallest absolute Gasteiger partial charge is 0.0591 e. The van der Waals surface area contributed by atoms with Gasteiger partial charge in [-0.25, -0.2) is 0 Å². The molecule has 0 aliphatic heterocycles. The fraction of sp³-hybridized carbons (Fsp3) is 0.800. The lowest BCUT2D eigenvalue weighted by Crippen LogP contribution is -2.15. The predicted molar refractivity (Wildman–Crippen MR) is 37.9 cm³/mol. The number of nitrogens with zero attached hydrogens (tertiary/aromatic N) is 1. The van der Waals surface area contributed by atoms with E-state index in [1.807, 2.05) is 20.1 Å². The Bertz CT molecular complexity index is 90.4. The topological polar surface area (TPSA) is 32.6 Å². The number of thioether (sulfide) groups is 1. The zero-order valence-corrected chi connectivity index (χ0v) is 6.20. The van der Waals surface area contributed by atoms with Crippen LogP contribution in [-0.2, 0) is 0 Å². The molecule has 0 heterocycles. The van der Waals surface area contributed by atoms with Crippen LogP contribution in [0.5, 0.6) is 0 Å². The molecule has 0 aliphatic carbocycles. The summed E-state index contributed by atoms with van der Waals surface area (Å²) in [6.07, 6.45) is 3.49. The van der Waals surface area contributed by atoms with Crippen LogP contribution in [0.3, 0.4) is 0 Å². The van der Waals surface area contributed by atoms with Gasteiger partial charge in [-0.3, -0.25) is 0 Å². The SMILES string of the molecule is CSC(C)(C)/C=N/O. The van der Waals surface area contributed by atoms with E-state index in [0.29, 0.717) is 0 Å². The third kappa shape index (κ3) is 2.91. The van der Waals surface area contributed by atoms with Crippen LogP contribution in [0.4, 0.5) is 0 Å². The predicted octanol–water partition coefficient (Wildman–Crippen LogP) is 1.59. The molecule has 48 valence electrons. The molecule has 0 atom stereocenters. The van der Waals surface area contributed by atoms with Crippen molar-refractivity contribution in [3.8, 4) is 0 Å². The molecule has 0 fully saturated rings. The van der Waals surface area contributed by atoms with Gasteiger partial charge in [0.25, 0.3) is 0 Å². The second kappa shape index (κ2) is 2.97. The van der Waals surface area contributed by atoms with Crippen molar-refractivity contribution in [1.82, 2.24) is 0 Å². The third-order valence-electron chi connectivity index (χ3n) is 0.895. The molecular formula is C5H11NOS. The minimum Gasteiger partial charge on any atom is -0.411 e. The van der Waals surface area contributed by atoms with Crippen molar-refractivity contribution in [2.75, 3.05) is 6.26 Å². The van der Waals surface area contributed by atoms with Gasteiger partial charge in [-0.1, -0.05) is 0 Å². The Balaban J connectivity index is 3.71. The van der Waals surface area contributed by atoms with E-state index in [0.717, 1.165) is 0 Å². The molecule has 2 nitrogen and oxygen atoms in total. The number of oxime groups is 1. The van der Waals surface area contributed by atoms with E-state index < -0.39 is 0 Å². The van der Waals surface area contributed by atoms with E-state index in [2.05, 4.69) is 5.16 Å². The standard InChI is InChI=1S/C5H11NOS/c1-5(2,8-3)4-6-7/h4,7H,1-3H3/b6-4+. The number of hydrogen-bond donors (Lipinski definition) is 1. The Morgan fingerprint density at radius 3 is 2.25 bits per heavy atom. The van der Waals surface area contributed by atoms with Crippen molar-refractivity contribution >= 4 is 18.0 Å². The minimum atomic E-state index is -0.0330. The third-order valence-corrected chi connectivity index (χ3v) is 2.05. The van der Waals surface area contributed by atoms with Crippen molar-refractivity contribution in [2.45, 2.75) is 18.6 Å². The highest BCUT2D eigenvalue weighted by Gasteiger charge is 2.11. The molecule has 0 aliphatic rings. The molecule has 0 radical (unpaired) electrons. The number of hydrogen-bond acceptors (Lipinski definition) is 3. The molecule has 3 heteroatoms. The van der Waals surface area contributed by atoms with E-state index in [9.17, 15) is 0 Å². The normalized spacial score (nSPS) is 12.9. The molecule has 1 N–H and O–H groups in total. The maximum Gasteiger partial charge on any atom is 0.0591 e. The van der Waals surface area contributed by atoms with Gasteiger partial charge in [0.1, 0.15) is 0 Å². The Morgan fingerprint density at radius 1 is 1.62 bits per heavy atom. The zero-order valence-electron chi connectivity index (χ0n) is 5.38. The maximum atomic E-state index is 8.09. The Labute approximate surface area is 54.0 Å². The molecular weight excluding hydrogens is 122 g/mol. The Kier molecular flexibility index (Phi) is 2.90. The summed E-state index contributed by atoms with van der Waals surface area (Å²) >= 11 is 1.64. The van der Waals surface area contributed by atoms with Crippen molar-refractivity contribution in [3.05, 3.63) is 0 Å². The summed E-state index contributed by atoms with van der Waals surface area (Å²) in [7, 11) is 0. The summed E-state index contributed by atoms with van der Waals surface area (Å²) in [5.41, 5.74) is 0. The quantitative estimate of drug-likeness (QED) is 0.352. The minimum absolute atomic E-state index is 0.0330. The first-order chi connectivity index (χ1) is 3.62. The molecule has 0 amide bonds.